The minimum atomic E-state index is -0.378. The van der Waals surface area contributed by atoms with Gasteiger partial charge in [0.05, 0.1) is 5.54 Å². The fourth-order valence-electron chi connectivity index (χ4n) is 4.70. The van der Waals surface area contributed by atoms with E-state index in [1.54, 1.807) is 0 Å². The molecule has 0 aromatic heterocycles. The Morgan fingerprint density at radius 3 is 1.62 bits per heavy atom. The van der Waals surface area contributed by atoms with Gasteiger partial charge < -0.3 is 10.2 Å². The molecular weight excluding hydrogens is 324 g/mol. The summed E-state index contributed by atoms with van der Waals surface area (Å²) in [6.07, 6.45) is 2.48. The predicted octanol–water partition coefficient (Wildman–Crippen LogP) is 2.80. The molecule has 2 fully saturated rings. The zero-order valence-corrected chi connectivity index (χ0v) is 19.4. The molecule has 2 heterocycles. The first-order valence-electron chi connectivity index (χ1n) is 9.90. The van der Waals surface area contributed by atoms with Gasteiger partial charge in [-0.15, -0.1) is 0 Å². The first-order valence-corrected chi connectivity index (χ1v) is 9.90. The number of nitrogens with zero attached hydrogens (tertiary/aromatic N) is 3. The molecule has 0 unspecified atom stereocenters. The summed E-state index contributed by atoms with van der Waals surface area (Å²) in [6.45, 7) is 18.4. The number of hydrogen-bond acceptors (Lipinski definition) is 4. The summed E-state index contributed by atoms with van der Waals surface area (Å²) in [5.41, 5.74) is 0.313. The Labute approximate surface area is 162 Å². The minimum Gasteiger partial charge on any atom is -0.342 e. The van der Waals surface area contributed by atoms with Crippen molar-refractivity contribution in [3.8, 4) is 0 Å². The molecule has 5 nitrogen and oxygen atoms in total. The van der Waals surface area contributed by atoms with E-state index in [1.807, 2.05) is 32.8 Å². The van der Waals surface area contributed by atoms with Crippen molar-refractivity contribution < 1.29 is 4.79 Å². The van der Waals surface area contributed by atoms with Crippen LogP contribution in [-0.4, -0.2) is 83.5 Å². The summed E-state index contributed by atoms with van der Waals surface area (Å²) >= 11 is 0. The second-order valence-corrected chi connectivity index (χ2v) is 10.7. The van der Waals surface area contributed by atoms with Crippen LogP contribution in [0.1, 0.15) is 68.2 Å². The van der Waals surface area contributed by atoms with Crippen molar-refractivity contribution in [2.45, 2.75) is 96.4 Å². The zero-order chi connectivity index (χ0) is 20.7. The van der Waals surface area contributed by atoms with Gasteiger partial charge in [0.1, 0.15) is 0 Å². The molecule has 26 heavy (non-hydrogen) atoms. The molecule has 2 aliphatic rings. The average Bonchev–Trinajstić information content (AvgIpc) is 2.49. The molecule has 2 aliphatic heterocycles. The molecule has 154 valence electrons. The van der Waals surface area contributed by atoms with Crippen LogP contribution in [-0.2, 0) is 4.79 Å². The third kappa shape index (κ3) is 4.60. The van der Waals surface area contributed by atoms with Crippen molar-refractivity contribution in [3.05, 3.63) is 0 Å². The first-order chi connectivity index (χ1) is 11.5. The van der Waals surface area contributed by atoms with Gasteiger partial charge in [-0.25, -0.2) is 0 Å². The lowest BCUT2D eigenvalue weighted by Gasteiger charge is -2.53. The van der Waals surface area contributed by atoms with Crippen LogP contribution < -0.4 is 5.32 Å². The van der Waals surface area contributed by atoms with E-state index in [0.717, 1.165) is 6.54 Å². The Kier molecular flexibility index (Phi) is 6.66. The van der Waals surface area contributed by atoms with Crippen LogP contribution in [0.5, 0.6) is 0 Å². The largest absolute Gasteiger partial charge is 0.342 e. The maximum atomic E-state index is 11.8. The Bertz CT molecular complexity index is 492. The normalized spacial score (nSPS) is 28.5. The zero-order valence-electron chi connectivity index (χ0n) is 19.4. The average molecular weight is 369 g/mol. The molecule has 2 saturated heterocycles. The number of nitrogens with one attached hydrogen (secondary N) is 1. The molecule has 0 spiro atoms. The lowest BCUT2D eigenvalue weighted by molar-refractivity contribution is -0.155. The number of carbonyl (C=O) groups is 1. The number of likely N-dealkylation sites (tertiary alicyclic amines) is 1. The van der Waals surface area contributed by atoms with Gasteiger partial charge in [0.15, 0.2) is 0 Å². The number of hydrogen-bond donors (Lipinski definition) is 1. The second-order valence-electron chi connectivity index (χ2n) is 10.7. The van der Waals surface area contributed by atoms with Gasteiger partial charge in [-0.2, -0.15) is 0 Å². The fourth-order valence-corrected chi connectivity index (χ4v) is 4.70. The highest BCUT2D eigenvalue weighted by Crippen LogP contribution is 2.36. The summed E-state index contributed by atoms with van der Waals surface area (Å²) in [5.74, 6) is 0.203. The van der Waals surface area contributed by atoms with Gasteiger partial charge in [0.2, 0.25) is 5.91 Å². The molecule has 1 amide bonds. The highest BCUT2D eigenvalue weighted by Gasteiger charge is 2.47. The van der Waals surface area contributed by atoms with Gasteiger partial charge in [-0.1, -0.05) is 0 Å². The molecule has 0 radical (unpaired) electrons. The second kappa shape index (κ2) is 7.40. The van der Waals surface area contributed by atoms with Crippen LogP contribution in [0.4, 0.5) is 0 Å². The lowest BCUT2D eigenvalue weighted by atomic mass is 9.77. The van der Waals surface area contributed by atoms with Crippen molar-refractivity contribution >= 4 is 5.91 Å². The maximum absolute atomic E-state index is 11.8. The summed E-state index contributed by atoms with van der Waals surface area (Å²) in [7, 11) is 8.21. The SMILES string of the molecule is CN1CC(C)(C)N(C)C(C)(C)C1=O.CNC1CC(C)(C)N(C)C(C)(C)C1. The van der Waals surface area contributed by atoms with Crippen LogP contribution >= 0.6 is 0 Å². The van der Waals surface area contributed by atoms with Crippen LogP contribution in [0.3, 0.4) is 0 Å². The van der Waals surface area contributed by atoms with Gasteiger partial charge in [-0.05, 0) is 89.4 Å². The number of rotatable bonds is 1. The third-order valence-electron chi connectivity index (χ3n) is 6.96. The van der Waals surface area contributed by atoms with E-state index >= 15 is 0 Å². The van der Waals surface area contributed by atoms with E-state index in [0.29, 0.717) is 17.1 Å². The summed E-state index contributed by atoms with van der Waals surface area (Å²) in [4.78, 5) is 18.3. The molecule has 1 N–H and O–H groups in total. The van der Waals surface area contributed by atoms with Crippen LogP contribution in [0.25, 0.3) is 0 Å². The van der Waals surface area contributed by atoms with Crippen LogP contribution in [0, 0.1) is 0 Å². The van der Waals surface area contributed by atoms with Gasteiger partial charge in [0, 0.05) is 36.3 Å². The molecule has 2 rings (SSSR count). The Morgan fingerprint density at radius 1 is 0.808 bits per heavy atom. The summed E-state index contributed by atoms with van der Waals surface area (Å²) < 4.78 is 0. The predicted molar refractivity (Wildman–Crippen MR) is 112 cm³/mol. The van der Waals surface area contributed by atoms with Crippen LogP contribution in [0.2, 0.25) is 0 Å². The van der Waals surface area contributed by atoms with E-state index in [2.05, 4.69) is 70.8 Å². The van der Waals surface area contributed by atoms with E-state index in [4.69, 9.17) is 0 Å². The summed E-state index contributed by atoms with van der Waals surface area (Å²) in [5, 5.41) is 3.41. The molecule has 0 saturated carbocycles. The number of piperidine rings is 1. The Morgan fingerprint density at radius 2 is 1.23 bits per heavy atom. The fraction of sp³-hybridized carbons (Fsp3) is 0.952. The Hall–Kier alpha value is -0.650. The van der Waals surface area contributed by atoms with E-state index in [1.165, 1.54) is 12.8 Å². The molecule has 0 atom stereocenters. The van der Waals surface area contributed by atoms with E-state index < -0.39 is 0 Å². The number of piperazine rings is 1. The van der Waals surface area contributed by atoms with E-state index in [9.17, 15) is 4.79 Å². The molecule has 0 bridgehead atoms. The molecule has 5 heteroatoms. The third-order valence-corrected chi connectivity index (χ3v) is 6.96. The maximum Gasteiger partial charge on any atom is 0.242 e. The number of carbonyl (C=O) groups excluding carboxylic acids is 1. The standard InChI is InChI=1S/C11H24N2.C10H20N2O/c1-10(2)7-9(12-5)8-11(3,4)13(10)6;1-9(2)7-11(5)8(13)10(3,4)12(9)6/h9,12H,7-8H2,1-6H3;7H2,1-6H3. The lowest BCUT2D eigenvalue weighted by Crippen LogP contribution is -2.69. The smallest absolute Gasteiger partial charge is 0.242 e. The van der Waals surface area contributed by atoms with Gasteiger partial charge in [0.25, 0.3) is 0 Å². The molecule has 0 aromatic rings. The molecule has 0 aliphatic carbocycles. The minimum absolute atomic E-state index is 0.0617. The number of likely N-dealkylation sites (N-methyl/N-ethyl adjacent to an activating group) is 2. The van der Waals surface area contributed by atoms with Gasteiger partial charge in [-0.3, -0.25) is 14.6 Å². The molecule has 0 aromatic carbocycles. The van der Waals surface area contributed by atoms with Crippen LogP contribution in [0.15, 0.2) is 0 Å². The monoisotopic (exact) mass is 368 g/mol. The highest BCUT2D eigenvalue weighted by molar-refractivity contribution is 5.86. The van der Waals surface area contributed by atoms with Crippen molar-refractivity contribution in [2.75, 3.05) is 34.7 Å². The first kappa shape index (κ1) is 23.4. The highest BCUT2D eigenvalue weighted by atomic mass is 16.2. The van der Waals surface area contributed by atoms with Crippen molar-refractivity contribution in [1.29, 1.82) is 0 Å². The van der Waals surface area contributed by atoms with Crippen molar-refractivity contribution in [1.82, 2.24) is 20.0 Å². The quantitative estimate of drug-likeness (QED) is 0.772. The number of amides is 1. The van der Waals surface area contributed by atoms with E-state index in [-0.39, 0.29) is 17.0 Å². The molecular formula is C21H44N4O. The van der Waals surface area contributed by atoms with Crippen molar-refractivity contribution in [2.24, 2.45) is 0 Å². The van der Waals surface area contributed by atoms with Crippen molar-refractivity contribution in [3.63, 3.8) is 0 Å². The Balaban J connectivity index is 0.000000260. The van der Waals surface area contributed by atoms with Gasteiger partial charge >= 0.3 is 0 Å². The topological polar surface area (TPSA) is 38.8 Å². The summed E-state index contributed by atoms with van der Waals surface area (Å²) in [6, 6.07) is 0.668.